The number of hydrogen-bond donors (Lipinski definition) is 0. The van der Waals surface area contributed by atoms with Crippen LogP contribution in [0.25, 0.3) is 0 Å². The van der Waals surface area contributed by atoms with Gasteiger partial charge in [-0.1, -0.05) is 35.5 Å². The van der Waals surface area contributed by atoms with Crippen LogP contribution in [0.3, 0.4) is 0 Å². The van der Waals surface area contributed by atoms with E-state index >= 15 is 0 Å². The summed E-state index contributed by atoms with van der Waals surface area (Å²) >= 11 is 1.75. The Hall–Kier alpha value is -1.62. The summed E-state index contributed by atoms with van der Waals surface area (Å²) in [7, 11) is 0. The molecule has 2 heterocycles. The highest BCUT2D eigenvalue weighted by molar-refractivity contribution is 8.14. The van der Waals surface area contributed by atoms with E-state index in [0.29, 0.717) is 0 Å². The van der Waals surface area contributed by atoms with Crippen molar-refractivity contribution in [2.75, 3.05) is 12.3 Å². The molecule has 2 aromatic rings. The van der Waals surface area contributed by atoms with Crippen molar-refractivity contribution >= 4 is 16.8 Å². The summed E-state index contributed by atoms with van der Waals surface area (Å²) in [5.41, 5.74) is 2.12. The first-order valence-corrected chi connectivity index (χ1v) is 6.52. The molecule has 3 rings (SSSR count). The molecule has 0 radical (unpaired) electrons. The molecule has 0 saturated carbocycles. The summed E-state index contributed by atoms with van der Waals surface area (Å²) in [6.45, 7) is 1.65. The van der Waals surface area contributed by atoms with Crippen LogP contribution in [0.5, 0.6) is 0 Å². The maximum atomic E-state index is 4.39. The molecule has 0 fully saturated rings. The molecule has 0 N–H and O–H groups in total. The fraction of sp³-hybridized carbons (Fsp3) is 0.250. The minimum absolute atomic E-state index is 0.756. The molecule has 0 bridgehead atoms. The third kappa shape index (κ3) is 2.39. The lowest BCUT2D eigenvalue weighted by Gasteiger charge is -1.99. The van der Waals surface area contributed by atoms with Crippen molar-refractivity contribution in [3.05, 3.63) is 47.8 Å². The van der Waals surface area contributed by atoms with E-state index in [1.165, 1.54) is 5.56 Å². The number of rotatable bonds is 3. The van der Waals surface area contributed by atoms with Crippen molar-refractivity contribution in [3.63, 3.8) is 0 Å². The lowest BCUT2D eigenvalue weighted by Crippen LogP contribution is -1.99. The largest absolute Gasteiger partial charge is 0.275 e. The number of benzene rings is 1. The van der Waals surface area contributed by atoms with Crippen molar-refractivity contribution < 1.29 is 0 Å². The molecule has 0 unspecified atom stereocenters. The molecular formula is C12H12N4S. The number of aromatic nitrogens is 3. The summed E-state index contributed by atoms with van der Waals surface area (Å²) in [6.07, 6.45) is 1.96. The van der Waals surface area contributed by atoms with E-state index in [4.69, 9.17) is 0 Å². The lowest BCUT2D eigenvalue weighted by molar-refractivity contribution is 0.649. The lowest BCUT2D eigenvalue weighted by atomic mass is 10.2. The fourth-order valence-electron chi connectivity index (χ4n) is 1.73. The van der Waals surface area contributed by atoms with Gasteiger partial charge in [-0.25, -0.2) is 4.68 Å². The fourth-order valence-corrected chi connectivity index (χ4v) is 2.53. The highest BCUT2D eigenvalue weighted by Crippen LogP contribution is 2.17. The van der Waals surface area contributed by atoms with Gasteiger partial charge in [-0.3, -0.25) is 4.99 Å². The van der Waals surface area contributed by atoms with Crippen molar-refractivity contribution in [2.45, 2.75) is 6.54 Å². The van der Waals surface area contributed by atoms with Gasteiger partial charge in [-0.15, -0.1) is 16.9 Å². The number of thioether (sulfide) groups is 1. The van der Waals surface area contributed by atoms with Gasteiger partial charge in [0, 0.05) is 12.3 Å². The molecule has 5 heteroatoms. The third-order valence-corrected chi connectivity index (χ3v) is 3.53. The topological polar surface area (TPSA) is 43.1 Å². The first-order chi connectivity index (χ1) is 8.42. The van der Waals surface area contributed by atoms with Gasteiger partial charge in [0.2, 0.25) is 0 Å². The molecule has 0 aliphatic carbocycles. The molecule has 0 atom stereocenters. The average Bonchev–Trinajstić information content (AvgIpc) is 3.00. The van der Waals surface area contributed by atoms with Crippen molar-refractivity contribution in [1.29, 1.82) is 0 Å². The van der Waals surface area contributed by atoms with Crippen molar-refractivity contribution in [2.24, 2.45) is 4.99 Å². The van der Waals surface area contributed by atoms with E-state index in [9.17, 15) is 0 Å². The highest BCUT2D eigenvalue weighted by atomic mass is 32.2. The summed E-state index contributed by atoms with van der Waals surface area (Å²) in [4.78, 5) is 4.39. The van der Waals surface area contributed by atoms with Gasteiger partial charge in [0.15, 0.2) is 0 Å². The summed E-state index contributed by atoms with van der Waals surface area (Å²) in [5, 5.41) is 9.30. The molecule has 0 spiro atoms. The quantitative estimate of drug-likeness (QED) is 0.827. The number of hydrogen-bond acceptors (Lipinski definition) is 4. The van der Waals surface area contributed by atoms with Crippen LogP contribution in [-0.2, 0) is 6.54 Å². The van der Waals surface area contributed by atoms with Crippen LogP contribution < -0.4 is 0 Å². The monoisotopic (exact) mass is 244 g/mol. The minimum Gasteiger partial charge on any atom is -0.275 e. The average molecular weight is 244 g/mol. The van der Waals surface area contributed by atoms with Gasteiger partial charge in [0.05, 0.1) is 12.7 Å². The Bertz CT molecular complexity index is 532. The Labute approximate surface area is 104 Å². The summed E-state index contributed by atoms with van der Waals surface area (Å²) in [6, 6.07) is 10.3. The molecule has 1 aliphatic rings. The smallest absolute Gasteiger partial charge is 0.137 e. The Kier molecular flexibility index (Phi) is 2.92. The highest BCUT2D eigenvalue weighted by Gasteiger charge is 2.13. The van der Waals surface area contributed by atoms with Gasteiger partial charge in [-0.2, -0.15) is 0 Å². The molecule has 17 heavy (non-hydrogen) atoms. The van der Waals surface area contributed by atoms with Crippen LogP contribution in [-0.4, -0.2) is 32.3 Å². The third-order valence-electron chi connectivity index (χ3n) is 2.53. The van der Waals surface area contributed by atoms with Crippen LogP contribution in [0.4, 0.5) is 0 Å². The first kappa shape index (κ1) is 10.5. The molecule has 86 valence electrons. The Morgan fingerprint density at radius 2 is 2.12 bits per heavy atom. The van der Waals surface area contributed by atoms with E-state index in [-0.39, 0.29) is 0 Å². The predicted molar refractivity (Wildman–Crippen MR) is 69.4 cm³/mol. The number of nitrogens with zero attached hydrogens (tertiary/aromatic N) is 4. The van der Waals surface area contributed by atoms with E-state index in [2.05, 4.69) is 27.4 Å². The maximum absolute atomic E-state index is 4.39. The zero-order valence-corrected chi connectivity index (χ0v) is 10.1. The van der Waals surface area contributed by atoms with Crippen LogP contribution in [0.2, 0.25) is 0 Å². The molecule has 1 aromatic heterocycles. The molecule has 0 amide bonds. The van der Waals surface area contributed by atoms with Gasteiger partial charge < -0.3 is 0 Å². The molecule has 1 aromatic carbocycles. The zero-order chi connectivity index (χ0) is 11.5. The van der Waals surface area contributed by atoms with Crippen LogP contribution in [0.15, 0.2) is 41.5 Å². The predicted octanol–water partition coefficient (Wildman–Crippen LogP) is 1.82. The Balaban J connectivity index is 1.77. The second kappa shape index (κ2) is 4.71. The van der Waals surface area contributed by atoms with Crippen LogP contribution in [0.1, 0.15) is 11.3 Å². The van der Waals surface area contributed by atoms with E-state index in [0.717, 1.165) is 29.6 Å². The molecule has 0 saturated heterocycles. The van der Waals surface area contributed by atoms with Crippen molar-refractivity contribution in [3.8, 4) is 0 Å². The number of aliphatic imine (C=N–C) groups is 1. The van der Waals surface area contributed by atoms with Gasteiger partial charge in [0.1, 0.15) is 10.7 Å². The minimum atomic E-state index is 0.756. The van der Waals surface area contributed by atoms with Gasteiger partial charge >= 0.3 is 0 Å². The second-order valence-corrected chi connectivity index (χ2v) is 4.91. The first-order valence-electron chi connectivity index (χ1n) is 5.53. The summed E-state index contributed by atoms with van der Waals surface area (Å²) < 4.78 is 1.85. The van der Waals surface area contributed by atoms with Crippen LogP contribution in [0, 0.1) is 0 Å². The van der Waals surface area contributed by atoms with Crippen molar-refractivity contribution in [1.82, 2.24) is 15.0 Å². The zero-order valence-electron chi connectivity index (χ0n) is 9.28. The molecular weight excluding hydrogens is 232 g/mol. The van der Waals surface area contributed by atoms with E-state index in [1.54, 1.807) is 11.8 Å². The van der Waals surface area contributed by atoms with Gasteiger partial charge in [0.25, 0.3) is 0 Å². The van der Waals surface area contributed by atoms with E-state index in [1.807, 2.05) is 29.1 Å². The van der Waals surface area contributed by atoms with E-state index < -0.39 is 0 Å². The van der Waals surface area contributed by atoms with Crippen LogP contribution >= 0.6 is 11.8 Å². The molecule has 4 nitrogen and oxygen atoms in total. The Morgan fingerprint density at radius 1 is 1.24 bits per heavy atom. The van der Waals surface area contributed by atoms with Gasteiger partial charge in [-0.05, 0) is 5.56 Å². The normalized spacial score (nSPS) is 14.9. The summed E-state index contributed by atoms with van der Waals surface area (Å²) in [5.74, 6) is 1.06. The SMILES string of the molecule is c1ccc(Cn2cc(C3=NCCS3)nn2)cc1. The maximum Gasteiger partial charge on any atom is 0.137 e. The second-order valence-electron chi connectivity index (χ2n) is 3.82. The Morgan fingerprint density at radius 3 is 2.88 bits per heavy atom. The standard InChI is InChI=1S/C12H12N4S/c1-2-4-10(5-3-1)8-16-9-11(14-15-16)12-13-6-7-17-12/h1-5,9H,6-8H2. The molecule has 1 aliphatic heterocycles.